The lowest BCUT2D eigenvalue weighted by Crippen LogP contribution is -2.31. The van der Waals surface area contributed by atoms with Gasteiger partial charge in [-0.1, -0.05) is 30.3 Å². The highest BCUT2D eigenvalue weighted by Crippen LogP contribution is 2.35. The highest BCUT2D eigenvalue weighted by atomic mass is 35.5. The normalized spacial score (nSPS) is 11.1. The van der Waals surface area contributed by atoms with Crippen LogP contribution < -0.4 is 25.6 Å². The van der Waals surface area contributed by atoms with Crippen LogP contribution in [0.15, 0.2) is 84.9 Å². The van der Waals surface area contributed by atoms with Crippen molar-refractivity contribution in [3.8, 4) is 5.75 Å². The minimum atomic E-state index is -0.614. The molecular weight excluding hydrogens is 635 g/mol. The third-order valence-corrected chi connectivity index (χ3v) is 7.85. The molecule has 9 nitrogen and oxygen atoms in total. The van der Waals surface area contributed by atoms with Crippen LogP contribution in [0.25, 0.3) is 21.8 Å². The van der Waals surface area contributed by atoms with Gasteiger partial charge in [-0.25, -0.2) is 9.78 Å². The molecule has 0 aliphatic carbocycles. The van der Waals surface area contributed by atoms with Crippen molar-refractivity contribution in [3.63, 3.8) is 0 Å². The number of hydrogen-bond acceptors (Lipinski definition) is 7. The van der Waals surface area contributed by atoms with Crippen molar-refractivity contribution in [2.24, 2.45) is 0 Å². The molecule has 0 radical (unpaired) electrons. The van der Waals surface area contributed by atoms with E-state index in [0.717, 1.165) is 45.5 Å². The first-order valence-corrected chi connectivity index (χ1v) is 16.4. The molecule has 0 spiro atoms. The van der Waals surface area contributed by atoms with Gasteiger partial charge in [0.25, 0.3) is 5.91 Å². The molecule has 0 bridgehead atoms. The summed E-state index contributed by atoms with van der Waals surface area (Å²) in [6, 6.07) is 26.3. The van der Waals surface area contributed by atoms with Crippen LogP contribution >= 0.6 is 23.2 Å². The summed E-state index contributed by atoms with van der Waals surface area (Å²) >= 11 is 11.9. The van der Waals surface area contributed by atoms with Gasteiger partial charge in [-0.3, -0.25) is 10.1 Å². The third-order valence-electron chi connectivity index (χ3n) is 7.51. The lowest BCUT2D eigenvalue weighted by atomic mass is 10.0. The van der Waals surface area contributed by atoms with Gasteiger partial charge in [-0.2, -0.15) is 0 Å². The average Bonchev–Trinajstić information content (AvgIpc) is 3.04. The van der Waals surface area contributed by atoms with Gasteiger partial charge in [-0.05, 0) is 81.2 Å². The molecule has 3 N–H and O–H groups in total. The molecule has 11 heteroatoms. The van der Waals surface area contributed by atoms with Gasteiger partial charge in [0, 0.05) is 65.8 Å². The number of alkyl halides is 2. The minimum Gasteiger partial charge on any atom is -0.410 e. The number of anilines is 4. The molecule has 0 saturated carbocycles. The Hall–Kier alpha value is -4.57. The molecule has 0 fully saturated rings. The molecule has 5 aromatic rings. The Morgan fingerprint density at radius 1 is 0.830 bits per heavy atom. The maximum atomic E-state index is 13.2. The number of amides is 2. The number of carbonyl (C=O) groups excluding carboxylic acids is 2. The maximum absolute atomic E-state index is 13.2. The Kier molecular flexibility index (Phi) is 11.4. The van der Waals surface area contributed by atoms with Crippen molar-refractivity contribution < 1.29 is 14.3 Å². The van der Waals surface area contributed by atoms with Crippen molar-refractivity contribution in [2.45, 2.75) is 6.92 Å². The number of hydrogen-bond donors (Lipinski definition) is 3. The zero-order valence-electron chi connectivity index (χ0n) is 26.6. The number of fused-ring (bicyclic) bond motifs is 2. The van der Waals surface area contributed by atoms with Crippen LogP contribution in [0.4, 0.5) is 27.5 Å². The summed E-state index contributed by atoms with van der Waals surface area (Å²) in [5.41, 5.74) is 5.86. The van der Waals surface area contributed by atoms with Crippen LogP contribution in [0, 0.1) is 6.92 Å². The summed E-state index contributed by atoms with van der Waals surface area (Å²) in [6.07, 6.45) is -0.614. The average molecular weight is 674 g/mol. The third kappa shape index (κ3) is 8.62. The first-order chi connectivity index (χ1) is 22.7. The zero-order valence-corrected chi connectivity index (χ0v) is 28.2. The summed E-state index contributed by atoms with van der Waals surface area (Å²) in [7, 11) is 3.93. The monoisotopic (exact) mass is 672 g/mol. The Bertz CT molecular complexity index is 1860. The number of pyridine rings is 1. The Labute approximate surface area is 284 Å². The van der Waals surface area contributed by atoms with Crippen LogP contribution in [-0.4, -0.2) is 73.9 Å². The van der Waals surface area contributed by atoms with Crippen molar-refractivity contribution in [1.29, 1.82) is 0 Å². The van der Waals surface area contributed by atoms with Crippen molar-refractivity contribution >= 4 is 79.8 Å². The summed E-state index contributed by atoms with van der Waals surface area (Å²) in [6.45, 7) is 4.53. The molecule has 1 heterocycles. The number of nitrogens with zero attached hydrogens (tertiary/aromatic N) is 3. The summed E-state index contributed by atoms with van der Waals surface area (Å²) in [5.74, 6) is 1.19. The molecule has 1 aromatic heterocycles. The fourth-order valence-corrected chi connectivity index (χ4v) is 5.75. The summed E-state index contributed by atoms with van der Waals surface area (Å²) in [4.78, 5) is 35.1. The lowest BCUT2D eigenvalue weighted by molar-refractivity contribution is 0.0952. The SMILES string of the molecule is Cc1cc(NC(=O)Oc2ccc(N(CCCl)CCCl)cc2)cc(Nc2c3ccccc3nc3c(C(=O)NCCN(C)C)cccc23)c1. The topological polar surface area (TPSA) is 98.8 Å². The minimum absolute atomic E-state index is 0.177. The highest BCUT2D eigenvalue weighted by Gasteiger charge is 2.17. The number of rotatable bonds is 13. The predicted molar refractivity (Wildman–Crippen MR) is 194 cm³/mol. The van der Waals surface area contributed by atoms with Gasteiger partial charge in [-0.15, -0.1) is 23.2 Å². The van der Waals surface area contributed by atoms with Gasteiger partial charge >= 0.3 is 6.09 Å². The number of ether oxygens (including phenoxy) is 1. The predicted octanol–water partition coefficient (Wildman–Crippen LogP) is 7.63. The van der Waals surface area contributed by atoms with Crippen LogP contribution in [0.3, 0.4) is 0 Å². The van der Waals surface area contributed by atoms with E-state index in [4.69, 9.17) is 32.9 Å². The first-order valence-electron chi connectivity index (χ1n) is 15.3. The van der Waals surface area contributed by atoms with Crippen LogP contribution in [-0.2, 0) is 0 Å². The first kappa shape index (κ1) is 33.8. The molecule has 0 aliphatic rings. The summed E-state index contributed by atoms with van der Waals surface area (Å²) in [5, 5.41) is 11.1. The second kappa shape index (κ2) is 15.8. The van der Waals surface area contributed by atoms with Gasteiger partial charge in [0.1, 0.15) is 5.75 Å². The number of nitrogens with one attached hydrogen (secondary N) is 3. The van der Waals surface area contributed by atoms with E-state index in [0.29, 0.717) is 53.9 Å². The fraction of sp³-hybridized carbons (Fsp3) is 0.250. The number of halogens is 2. The number of benzene rings is 4. The van der Waals surface area contributed by atoms with E-state index in [1.807, 2.05) is 92.6 Å². The smallest absolute Gasteiger partial charge is 0.410 e. The van der Waals surface area contributed by atoms with Crippen molar-refractivity contribution in [3.05, 3.63) is 96.1 Å². The molecule has 0 unspecified atom stereocenters. The molecular formula is C36H38Cl2N6O3. The standard InChI is InChI=1S/C36H38Cl2N6O3/c1-24-21-25(23-26(22-24)41-36(46)47-28-13-11-27(12-14-28)44(18-15-37)19-16-38)40-33-29-7-4-5-10-32(29)42-34-30(33)8-6-9-31(34)35(45)39-17-20-43(2)3/h4-14,21-23H,15-20H2,1-3H3,(H,39,45)(H,40,42)(H,41,46). The van der Waals surface area contributed by atoms with Gasteiger partial charge < -0.3 is 25.2 Å². The molecule has 0 aliphatic heterocycles. The van der Waals surface area contributed by atoms with Crippen LogP contribution in [0.5, 0.6) is 5.75 Å². The molecule has 2 amide bonds. The van der Waals surface area contributed by atoms with E-state index < -0.39 is 6.09 Å². The highest BCUT2D eigenvalue weighted by molar-refractivity contribution is 6.18. The molecule has 0 atom stereocenters. The summed E-state index contributed by atoms with van der Waals surface area (Å²) < 4.78 is 5.57. The second-order valence-corrected chi connectivity index (χ2v) is 12.1. The number of likely N-dealkylation sites (N-methyl/N-ethyl adjacent to an activating group) is 1. The van der Waals surface area contributed by atoms with Gasteiger partial charge in [0.05, 0.1) is 22.3 Å². The van der Waals surface area contributed by atoms with E-state index >= 15 is 0 Å². The second-order valence-electron chi connectivity index (χ2n) is 11.4. The number of para-hydroxylation sites is 2. The quantitative estimate of drug-likeness (QED) is 0.0874. The fourth-order valence-electron chi connectivity index (χ4n) is 5.34. The maximum Gasteiger partial charge on any atom is 0.417 e. The van der Waals surface area contributed by atoms with Crippen molar-refractivity contribution in [1.82, 2.24) is 15.2 Å². The van der Waals surface area contributed by atoms with Gasteiger partial charge in [0.2, 0.25) is 0 Å². The van der Waals surface area contributed by atoms with E-state index in [1.165, 1.54) is 0 Å². The Morgan fingerprint density at radius 3 is 2.26 bits per heavy atom. The Morgan fingerprint density at radius 2 is 1.53 bits per heavy atom. The number of aromatic nitrogens is 1. The molecule has 47 heavy (non-hydrogen) atoms. The van der Waals surface area contributed by atoms with Crippen molar-refractivity contribution in [2.75, 3.05) is 67.6 Å². The van der Waals surface area contributed by atoms with Gasteiger partial charge in [0.15, 0.2) is 0 Å². The zero-order chi connectivity index (χ0) is 33.3. The molecule has 244 valence electrons. The van der Waals surface area contributed by atoms with E-state index in [-0.39, 0.29) is 5.91 Å². The van der Waals surface area contributed by atoms with Crippen LogP contribution in [0.1, 0.15) is 15.9 Å². The van der Waals surface area contributed by atoms with E-state index in [1.54, 1.807) is 18.2 Å². The number of carbonyl (C=O) groups is 2. The largest absolute Gasteiger partial charge is 0.417 e. The van der Waals surface area contributed by atoms with Crippen LogP contribution in [0.2, 0.25) is 0 Å². The van der Waals surface area contributed by atoms with E-state index in [2.05, 4.69) is 20.9 Å². The molecule has 0 saturated heterocycles. The molecule has 5 rings (SSSR count). The van der Waals surface area contributed by atoms with E-state index in [9.17, 15) is 9.59 Å². The Balaban J connectivity index is 1.38. The molecule has 4 aromatic carbocycles. The lowest BCUT2D eigenvalue weighted by Gasteiger charge is -2.22. The number of aryl methyl sites for hydroxylation is 1.